The second-order valence-electron chi connectivity index (χ2n) is 8.37. The standard InChI is InChI=1S/C26H27F2NO4S/c1-18(7-5-10-19-8-3-2-4-9-19)22(30)14-12-20-17-26(27,28)25(33)29(20)16-6-11-21-13-15-23(34-21)24(31)32/h2-4,8-9,12-15,18,20,22,30H,6-7,11,16-17H2,1H3,(H,31,32). The predicted octanol–water partition coefficient (Wildman–Crippen LogP) is 4.61. The van der Waals surface area contributed by atoms with E-state index >= 15 is 0 Å². The summed E-state index contributed by atoms with van der Waals surface area (Å²) in [6.45, 7) is 1.95. The van der Waals surface area contributed by atoms with Crippen LogP contribution in [-0.4, -0.2) is 51.6 Å². The highest BCUT2D eigenvalue weighted by Crippen LogP contribution is 2.34. The molecule has 0 spiro atoms. The Morgan fingerprint density at radius 2 is 2.03 bits per heavy atom. The number of benzene rings is 1. The molecule has 0 bridgehead atoms. The molecule has 0 aliphatic carbocycles. The van der Waals surface area contributed by atoms with Gasteiger partial charge in [-0.2, -0.15) is 8.78 Å². The maximum atomic E-state index is 14.1. The lowest BCUT2D eigenvalue weighted by atomic mass is 9.99. The molecule has 1 aliphatic heterocycles. The summed E-state index contributed by atoms with van der Waals surface area (Å²) in [6.07, 6.45) is 2.81. The first kappa shape index (κ1) is 25.6. The molecule has 180 valence electrons. The number of amides is 1. The number of likely N-dealkylation sites (tertiary alicyclic amines) is 1. The molecule has 2 N–H and O–H groups in total. The summed E-state index contributed by atoms with van der Waals surface area (Å²) in [4.78, 5) is 25.4. The highest BCUT2D eigenvalue weighted by molar-refractivity contribution is 7.13. The quantitative estimate of drug-likeness (QED) is 0.400. The lowest BCUT2D eigenvalue weighted by Gasteiger charge is -2.22. The van der Waals surface area contributed by atoms with Crippen LogP contribution in [0.15, 0.2) is 54.6 Å². The van der Waals surface area contributed by atoms with E-state index in [2.05, 4.69) is 11.8 Å². The van der Waals surface area contributed by atoms with Crippen molar-refractivity contribution in [1.29, 1.82) is 0 Å². The van der Waals surface area contributed by atoms with Crippen molar-refractivity contribution in [2.75, 3.05) is 6.54 Å². The number of halogens is 2. The Kier molecular flexibility index (Phi) is 8.59. The van der Waals surface area contributed by atoms with E-state index in [4.69, 9.17) is 5.11 Å². The topological polar surface area (TPSA) is 77.8 Å². The van der Waals surface area contributed by atoms with Crippen molar-refractivity contribution in [3.63, 3.8) is 0 Å². The van der Waals surface area contributed by atoms with Crippen molar-refractivity contribution < 1.29 is 28.6 Å². The number of aromatic carboxylic acids is 1. The highest BCUT2D eigenvalue weighted by atomic mass is 32.1. The van der Waals surface area contributed by atoms with Gasteiger partial charge in [-0.3, -0.25) is 4.79 Å². The van der Waals surface area contributed by atoms with Crippen LogP contribution >= 0.6 is 11.3 Å². The Labute approximate surface area is 201 Å². The molecule has 34 heavy (non-hydrogen) atoms. The summed E-state index contributed by atoms with van der Waals surface area (Å²) in [5.74, 6) is 0.191. The Hall–Kier alpha value is -3.02. The van der Waals surface area contributed by atoms with Gasteiger partial charge in [0.25, 0.3) is 5.91 Å². The zero-order valence-electron chi connectivity index (χ0n) is 18.8. The molecule has 5 nitrogen and oxygen atoms in total. The minimum absolute atomic E-state index is 0.123. The van der Waals surface area contributed by atoms with Crippen molar-refractivity contribution >= 4 is 23.2 Å². The van der Waals surface area contributed by atoms with Gasteiger partial charge in [0.1, 0.15) is 4.88 Å². The van der Waals surface area contributed by atoms with Crippen LogP contribution in [0.3, 0.4) is 0 Å². The van der Waals surface area contributed by atoms with E-state index in [1.807, 2.05) is 37.3 Å². The smallest absolute Gasteiger partial charge is 0.345 e. The average Bonchev–Trinajstić information content (AvgIpc) is 3.36. The van der Waals surface area contributed by atoms with E-state index in [0.29, 0.717) is 19.3 Å². The van der Waals surface area contributed by atoms with Crippen LogP contribution in [0, 0.1) is 17.8 Å². The van der Waals surface area contributed by atoms with Gasteiger partial charge in [0, 0.05) is 29.8 Å². The number of aliphatic hydroxyl groups is 1. The number of carbonyl (C=O) groups excluding carboxylic acids is 1. The number of carboxylic acid groups (broad SMARTS) is 1. The van der Waals surface area contributed by atoms with Crippen LogP contribution in [0.5, 0.6) is 0 Å². The van der Waals surface area contributed by atoms with Gasteiger partial charge in [-0.1, -0.05) is 49.1 Å². The molecule has 1 aromatic heterocycles. The first-order valence-electron chi connectivity index (χ1n) is 11.1. The lowest BCUT2D eigenvalue weighted by Crippen LogP contribution is -2.36. The fraction of sp³-hybridized carbons (Fsp3) is 0.385. The van der Waals surface area contributed by atoms with Gasteiger partial charge < -0.3 is 15.1 Å². The van der Waals surface area contributed by atoms with Gasteiger partial charge in [0.05, 0.1) is 12.1 Å². The summed E-state index contributed by atoms with van der Waals surface area (Å²) in [6, 6.07) is 11.9. The molecule has 1 aliphatic rings. The summed E-state index contributed by atoms with van der Waals surface area (Å²) >= 11 is 1.14. The second kappa shape index (κ2) is 11.4. The Bertz CT molecular complexity index is 1090. The van der Waals surface area contributed by atoms with Crippen LogP contribution in [0.1, 0.15) is 46.3 Å². The van der Waals surface area contributed by atoms with E-state index in [9.17, 15) is 23.5 Å². The summed E-state index contributed by atoms with van der Waals surface area (Å²) in [5, 5.41) is 19.4. The van der Waals surface area contributed by atoms with E-state index in [0.717, 1.165) is 26.7 Å². The number of hydrogen-bond acceptors (Lipinski definition) is 4. The van der Waals surface area contributed by atoms with Crippen LogP contribution in [0.4, 0.5) is 8.78 Å². The van der Waals surface area contributed by atoms with E-state index < -0.39 is 36.4 Å². The minimum atomic E-state index is -3.44. The predicted molar refractivity (Wildman–Crippen MR) is 127 cm³/mol. The van der Waals surface area contributed by atoms with E-state index in [-0.39, 0.29) is 17.3 Å². The number of aryl methyl sites for hydroxylation is 1. The van der Waals surface area contributed by atoms with Crippen molar-refractivity contribution in [2.45, 2.75) is 50.7 Å². The molecule has 2 aromatic rings. The van der Waals surface area contributed by atoms with Crippen molar-refractivity contribution in [1.82, 2.24) is 4.90 Å². The molecular weight excluding hydrogens is 460 g/mol. The first-order valence-corrected chi connectivity index (χ1v) is 11.9. The third-order valence-corrected chi connectivity index (χ3v) is 6.81. The maximum Gasteiger partial charge on any atom is 0.345 e. The van der Waals surface area contributed by atoms with Crippen molar-refractivity contribution in [3.05, 3.63) is 69.9 Å². The molecule has 2 heterocycles. The zero-order chi connectivity index (χ0) is 24.7. The van der Waals surface area contributed by atoms with Gasteiger partial charge in [-0.25, -0.2) is 4.79 Å². The van der Waals surface area contributed by atoms with Gasteiger partial charge >= 0.3 is 11.9 Å². The average molecular weight is 488 g/mol. The number of thiophene rings is 1. The lowest BCUT2D eigenvalue weighted by molar-refractivity contribution is -0.148. The molecule has 1 aromatic carbocycles. The Morgan fingerprint density at radius 3 is 2.71 bits per heavy atom. The van der Waals surface area contributed by atoms with Crippen LogP contribution in [0.25, 0.3) is 0 Å². The minimum Gasteiger partial charge on any atom is -0.477 e. The molecule has 3 rings (SSSR count). The summed E-state index contributed by atoms with van der Waals surface area (Å²) < 4.78 is 28.2. The first-order chi connectivity index (χ1) is 16.2. The normalized spacial score (nSPS) is 19.1. The third-order valence-electron chi connectivity index (χ3n) is 5.68. The molecule has 3 unspecified atom stereocenters. The number of alkyl halides is 2. The fourth-order valence-corrected chi connectivity index (χ4v) is 4.59. The Balaban J connectivity index is 1.56. The number of nitrogens with zero attached hydrogens (tertiary/aromatic N) is 1. The number of hydrogen-bond donors (Lipinski definition) is 2. The molecule has 8 heteroatoms. The molecule has 1 amide bonds. The molecule has 1 saturated heterocycles. The number of rotatable bonds is 9. The molecule has 0 saturated carbocycles. The van der Waals surface area contributed by atoms with Crippen molar-refractivity contribution in [3.8, 4) is 11.8 Å². The van der Waals surface area contributed by atoms with Crippen LogP contribution in [-0.2, 0) is 11.2 Å². The molecule has 1 fully saturated rings. The second-order valence-corrected chi connectivity index (χ2v) is 9.54. The van der Waals surface area contributed by atoms with Gasteiger partial charge in [0.15, 0.2) is 0 Å². The SMILES string of the molecule is CC(CC#Cc1ccccc1)C(O)C=CC1CC(F)(F)C(=O)N1CCCc1ccc(C(=O)O)s1. The summed E-state index contributed by atoms with van der Waals surface area (Å²) in [7, 11) is 0. The molecule has 3 atom stereocenters. The molecule has 0 radical (unpaired) electrons. The number of aliphatic hydroxyl groups excluding tert-OH is 1. The monoisotopic (exact) mass is 487 g/mol. The van der Waals surface area contributed by atoms with Crippen LogP contribution < -0.4 is 0 Å². The number of carboxylic acids is 1. The molecular formula is C26H27F2NO4S. The largest absolute Gasteiger partial charge is 0.477 e. The fourth-order valence-electron chi connectivity index (χ4n) is 3.70. The van der Waals surface area contributed by atoms with Gasteiger partial charge in [-0.15, -0.1) is 11.3 Å². The van der Waals surface area contributed by atoms with Crippen molar-refractivity contribution in [2.24, 2.45) is 5.92 Å². The van der Waals surface area contributed by atoms with E-state index in [1.54, 1.807) is 6.07 Å². The third kappa shape index (κ3) is 6.75. The Morgan fingerprint density at radius 1 is 1.29 bits per heavy atom. The van der Waals surface area contributed by atoms with E-state index in [1.165, 1.54) is 18.2 Å². The van der Waals surface area contributed by atoms with Gasteiger partial charge in [-0.05, 0) is 43.0 Å². The highest BCUT2D eigenvalue weighted by Gasteiger charge is 2.52. The van der Waals surface area contributed by atoms with Crippen LogP contribution in [0.2, 0.25) is 0 Å². The maximum absolute atomic E-state index is 14.1. The summed E-state index contributed by atoms with van der Waals surface area (Å²) in [5.41, 5.74) is 0.879. The zero-order valence-corrected chi connectivity index (χ0v) is 19.6. The van der Waals surface area contributed by atoms with Gasteiger partial charge in [0.2, 0.25) is 0 Å². The number of carbonyl (C=O) groups is 2.